The van der Waals surface area contributed by atoms with E-state index in [1.165, 1.54) is 6.33 Å². The second-order valence-corrected chi connectivity index (χ2v) is 5.30. The van der Waals surface area contributed by atoms with E-state index in [-0.39, 0.29) is 5.91 Å². The number of halogens is 2. The van der Waals surface area contributed by atoms with E-state index in [0.717, 1.165) is 10.0 Å². The summed E-state index contributed by atoms with van der Waals surface area (Å²) in [5.41, 5.74) is 1.62. The van der Waals surface area contributed by atoms with Crippen molar-refractivity contribution >= 4 is 39.1 Å². The van der Waals surface area contributed by atoms with Gasteiger partial charge in [0.05, 0.1) is 12.2 Å². The van der Waals surface area contributed by atoms with E-state index >= 15 is 0 Å². The lowest BCUT2D eigenvalue weighted by Crippen LogP contribution is -2.15. The molecule has 0 aliphatic heterocycles. The molecule has 0 aliphatic carbocycles. The molecule has 1 amide bonds. The van der Waals surface area contributed by atoms with Crippen molar-refractivity contribution in [1.29, 1.82) is 0 Å². The van der Waals surface area contributed by atoms with Gasteiger partial charge in [0.15, 0.2) is 0 Å². The van der Waals surface area contributed by atoms with Crippen LogP contribution < -0.4 is 5.32 Å². The van der Waals surface area contributed by atoms with Gasteiger partial charge in [0.25, 0.3) is 0 Å². The number of anilines is 1. The molecule has 1 N–H and O–H groups in total. The summed E-state index contributed by atoms with van der Waals surface area (Å²) in [6.45, 7) is 2.40. The fourth-order valence-corrected chi connectivity index (χ4v) is 2.24. The minimum atomic E-state index is -0.101. The molecule has 0 bridgehead atoms. The van der Waals surface area contributed by atoms with E-state index < -0.39 is 0 Å². The molecule has 0 aliphatic rings. The van der Waals surface area contributed by atoms with Crippen LogP contribution in [0.2, 0.25) is 5.02 Å². The van der Waals surface area contributed by atoms with E-state index in [2.05, 4.69) is 31.3 Å². The van der Waals surface area contributed by atoms with Crippen molar-refractivity contribution in [3.05, 3.63) is 39.8 Å². The predicted octanol–water partition coefficient (Wildman–Crippen LogP) is 3.03. The molecule has 2 aromatic rings. The van der Waals surface area contributed by atoms with Gasteiger partial charge in [-0.05, 0) is 40.5 Å². The van der Waals surface area contributed by atoms with Crippen molar-refractivity contribution in [3.63, 3.8) is 0 Å². The third-order valence-corrected chi connectivity index (χ3v) is 3.62. The Balaban J connectivity index is 1.97. The number of amides is 1. The summed E-state index contributed by atoms with van der Waals surface area (Å²) in [5.74, 6) is -0.101. The van der Waals surface area contributed by atoms with E-state index in [9.17, 15) is 4.79 Å². The van der Waals surface area contributed by atoms with Gasteiger partial charge in [0, 0.05) is 15.9 Å². The summed E-state index contributed by atoms with van der Waals surface area (Å²) >= 11 is 9.43. The van der Waals surface area contributed by atoms with E-state index in [0.29, 0.717) is 23.7 Å². The zero-order valence-corrected chi connectivity index (χ0v) is 12.6. The Morgan fingerprint density at radius 1 is 1.53 bits per heavy atom. The number of carbonyl (C=O) groups excluding carboxylic acids is 1. The minimum absolute atomic E-state index is 0.101. The maximum absolute atomic E-state index is 11.8. The zero-order valence-electron chi connectivity index (χ0n) is 10.2. The molecule has 2 rings (SSSR count). The summed E-state index contributed by atoms with van der Waals surface area (Å²) in [4.78, 5) is 15.6. The maximum Gasteiger partial charge on any atom is 0.226 e. The van der Waals surface area contributed by atoms with Crippen molar-refractivity contribution < 1.29 is 4.79 Å². The Labute approximate surface area is 124 Å². The zero-order chi connectivity index (χ0) is 13.8. The molecular formula is C12H12BrClN4O. The lowest BCUT2D eigenvalue weighted by Gasteiger charge is -2.09. The van der Waals surface area contributed by atoms with Gasteiger partial charge >= 0.3 is 0 Å². The average Bonchev–Trinajstić information content (AvgIpc) is 2.86. The summed E-state index contributed by atoms with van der Waals surface area (Å²) in [6, 6.07) is 3.60. The molecule has 1 aromatic carbocycles. The summed E-state index contributed by atoms with van der Waals surface area (Å²) < 4.78 is 2.42. The number of hydrogen-bond donors (Lipinski definition) is 1. The van der Waals surface area contributed by atoms with Crippen molar-refractivity contribution in [1.82, 2.24) is 14.8 Å². The molecule has 0 atom stereocenters. The number of aryl methyl sites for hydroxylation is 2. The van der Waals surface area contributed by atoms with Crippen LogP contribution in [0.4, 0.5) is 5.69 Å². The highest BCUT2D eigenvalue weighted by atomic mass is 79.9. The van der Waals surface area contributed by atoms with Crippen LogP contribution in [0.25, 0.3) is 0 Å². The monoisotopic (exact) mass is 342 g/mol. The van der Waals surface area contributed by atoms with Crippen molar-refractivity contribution in [2.75, 3.05) is 5.32 Å². The van der Waals surface area contributed by atoms with Gasteiger partial charge in [-0.25, -0.2) is 4.98 Å². The first kappa shape index (κ1) is 14.0. The second kappa shape index (κ2) is 6.16. The third-order valence-electron chi connectivity index (χ3n) is 2.56. The summed E-state index contributed by atoms with van der Waals surface area (Å²) in [6.07, 6.45) is 3.33. The molecule has 0 radical (unpaired) electrons. The minimum Gasteiger partial charge on any atom is -0.325 e. The standard InChI is InChI=1S/C12H12BrClN4O/c1-8-4-9(13)11(5-10(8)14)17-12(19)2-3-18-7-15-6-16-18/h4-7H,2-3H2,1H3,(H,17,19). The van der Waals surface area contributed by atoms with E-state index in [4.69, 9.17) is 11.6 Å². The van der Waals surface area contributed by atoms with Crippen LogP contribution >= 0.6 is 27.5 Å². The van der Waals surface area contributed by atoms with Crippen LogP contribution in [0.5, 0.6) is 0 Å². The fourth-order valence-electron chi connectivity index (χ4n) is 1.52. The topological polar surface area (TPSA) is 59.8 Å². The number of nitrogens with one attached hydrogen (secondary N) is 1. The van der Waals surface area contributed by atoms with Crippen LogP contribution in [-0.4, -0.2) is 20.7 Å². The Kier molecular flexibility index (Phi) is 4.55. The van der Waals surface area contributed by atoms with E-state index in [1.54, 1.807) is 17.1 Å². The third kappa shape index (κ3) is 3.78. The molecule has 1 heterocycles. The number of rotatable bonds is 4. The molecule has 100 valence electrons. The molecule has 1 aromatic heterocycles. The van der Waals surface area contributed by atoms with E-state index in [1.807, 2.05) is 13.0 Å². The van der Waals surface area contributed by atoms with Crippen LogP contribution in [0, 0.1) is 6.92 Å². The highest BCUT2D eigenvalue weighted by Gasteiger charge is 2.08. The van der Waals surface area contributed by atoms with Gasteiger partial charge in [0.1, 0.15) is 12.7 Å². The largest absolute Gasteiger partial charge is 0.325 e. The first-order valence-electron chi connectivity index (χ1n) is 5.64. The number of hydrogen-bond acceptors (Lipinski definition) is 3. The van der Waals surface area contributed by atoms with Gasteiger partial charge in [-0.15, -0.1) is 0 Å². The predicted molar refractivity (Wildman–Crippen MR) is 77.2 cm³/mol. The number of aromatic nitrogens is 3. The molecule has 19 heavy (non-hydrogen) atoms. The number of carbonyl (C=O) groups is 1. The van der Waals surface area contributed by atoms with Crippen molar-refractivity contribution in [2.24, 2.45) is 0 Å². The molecule has 0 saturated heterocycles. The Morgan fingerprint density at radius 2 is 2.32 bits per heavy atom. The Bertz CT molecular complexity index is 586. The second-order valence-electron chi connectivity index (χ2n) is 4.04. The normalized spacial score (nSPS) is 10.5. The van der Waals surface area contributed by atoms with Gasteiger partial charge < -0.3 is 5.32 Å². The van der Waals surface area contributed by atoms with Crippen LogP contribution in [0.3, 0.4) is 0 Å². The average molecular weight is 344 g/mol. The molecule has 0 unspecified atom stereocenters. The first-order chi connectivity index (χ1) is 9.06. The molecular weight excluding hydrogens is 332 g/mol. The Morgan fingerprint density at radius 3 is 3.00 bits per heavy atom. The quantitative estimate of drug-likeness (QED) is 0.928. The molecule has 0 spiro atoms. The van der Waals surface area contributed by atoms with Crippen LogP contribution in [0.1, 0.15) is 12.0 Å². The van der Waals surface area contributed by atoms with Gasteiger partial charge in [-0.1, -0.05) is 11.6 Å². The molecule has 5 nitrogen and oxygen atoms in total. The van der Waals surface area contributed by atoms with Gasteiger partial charge in [-0.2, -0.15) is 5.10 Å². The molecule has 7 heteroatoms. The number of benzene rings is 1. The van der Waals surface area contributed by atoms with Gasteiger partial charge in [0.2, 0.25) is 5.91 Å². The maximum atomic E-state index is 11.8. The highest BCUT2D eigenvalue weighted by molar-refractivity contribution is 9.10. The fraction of sp³-hybridized carbons (Fsp3) is 0.250. The lowest BCUT2D eigenvalue weighted by atomic mass is 10.2. The van der Waals surface area contributed by atoms with Crippen molar-refractivity contribution in [2.45, 2.75) is 19.9 Å². The lowest BCUT2D eigenvalue weighted by molar-refractivity contribution is -0.116. The first-order valence-corrected chi connectivity index (χ1v) is 6.81. The van der Waals surface area contributed by atoms with Crippen LogP contribution in [-0.2, 0) is 11.3 Å². The van der Waals surface area contributed by atoms with Crippen molar-refractivity contribution in [3.8, 4) is 0 Å². The highest BCUT2D eigenvalue weighted by Crippen LogP contribution is 2.29. The number of nitrogens with zero attached hydrogens (tertiary/aromatic N) is 3. The van der Waals surface area contributed by atoms with Gasteiger partial charge in [-0.3, -0.25) is 9.48 Å². The molecule has 0 saturated carbocycles. The smallest absolute Gasteiger partial charge is 0.226 e. The SMILES string of the molecule is Cc1cc(Br)c(NC(=O)CCn2cncn2)cc1Cl. The Hall–Kier alpha value is -1.40. The summed E-state index contributed by atoms with van der Waals surface area (Å²) in [5, 5.41) is 7.36. The summed E-state index contributed by atoms with van der Waals surface area (Å²) in [7, 11) is 0. The van der Waals surface area contributed by atoms with Crippen LogP contribution in [0.15, 0.2) is 29.3 Å². The molecule has 0 fully saturated rings.